The summed E-state index contributed by atoms with van der Waals surface area (Å²) in [5, 5.41) is 89.0. The summed E-state index contributed by atoms with van der Waals surface area (Å²) in [4.78, 5) is 52.5. The molecule has 264 valence electrons. The Morgan fingerprint density at radius 3 is 2.10 bits per heavy atom. The van der Waals surface area contributed by atoms with Crippen molar-refractivity contribution in [3.63, 3.8) is 0 Å². The molecule has 16 nitrogen and oxygen atoms in total. The Kier molecular flexibility index (Phi) is 8.58. The van der Waals surface area contributed by atoms with Crippen LogP contribution in [0.3, 0.4) is 0 Å². The molecule has 0 saturated carbocycles. The average molecular weight is 696 g/mol. The number of aryl methyl sites for hydroxylation is 1. The minimum absolute atomic E-state index is 0.0252. The molecule has 3 aromatic carbocycles. The number of carboxylic acids is 1. The first-order valence-electron chi connectivity index (χ1n) is 15.3. The number of carboxylic acid groups (broad SMARTS) is 1. The van der Waals surface area contributed by atoms with Crippen LogP contribution < -0.4 is 10.1 Å². The molecule has 1 fully saturated rings. The van der Waals surface area contributed by atoms with Crippen LogP contribution in [-0.4, -0.2) is 108 Å². The number of methoxy groups -OCH3 is 1. The number of rotatable bonds is 6. The van der Waals surface area contributed by atoms with E-state index in [1.165, 1.54) is 40.0 Å². The smallest absolute Gasteiger partial charge is 0.325 e. The molecular weight excluding hydrogens is 662 g/mol. The fourth-order valence-electron chi connectivity index (χ4n) is 6.68. The normalized spacial score (nSPS) is 25.9. The molecule has 3 aromatic rings. The van der Waals surface area contributed by atoms with Gasteiger partial charge in [-0.1, -0.05) is 6.07 Å². The SMILES string of the molecule is COc1cc(O)c2c(c1)C(=O)c1c(cc3c(c1O)-c1c(cc(C)c(C(=O)N[C@H](C)C(=O)O)c1O)[C@H](O)[C@H]3O[C@@H]1O[C@H](C)[C@H](O)[C@H](O)[C@H]1O)C2=O. The lowest BCUT2D eigenvalue weighted by molar-refractivity contribution is -0.312. The minimum Gasteiger partial charge on any atom is -0.507 e. The summed E-state index contributed by atoms with van der Waals surface area (Å²) in [7, 11) is 1.27. The molecule has 0 aromatic heterocycles. The fourth-order valence-corrected chi connectivity index (χ4v) is 6.68. The highest BCUT2D eigenvalue weighted by molar-refractivity contribution is 6.31. The third-order valence-electron chi connectivity index (χ3n) is 9.33. The van der Waals surface area contributed by atoms with Crippen LogP contribution in [0, 0.1) is 6.92 Å². The molecule has 8 atom stereocenters. The predicted molar refractivity (Wildman–Crippen MR) is 167 cm³/mol. The van der Waals surface area contributed by atoms with E-state index in [0.29, 0.717) is 0 Å². The Labute approximate surface area is 282 Å². The highest BCUT2D eigenvalue weighted by Crippen LogP contribution is 2.57. The Balaban J connectivity index is 1.61. The van der Waals surface area contributed by atoms with E-state index in [1.807, 2.05) is 0 Å². The predicted octanol–water partition coefficient (Wildman–Crippen LogP) is 0.698. The first kappa shape index (κ1) is 34.8. The number of aliphatic carboxylic acids is 1. The van der Waals surface area contributed by atoms with Crippen molar-refractivity contribution in [1.82, 2.24) is 5.32 Å². The van der Waals surface area contributed by atoms with Crippen LogP contribution in [0.15, 0.2) is 24.3 Å². The van der Waals surface area contributed by atoms with E-state index in [9.17, 15) is 60.0 Å². The van der Waals surface area contributed by atoms with Crippen LogP contribution in [0.4, 0.5) is 0 Å². The molecule has 0 spiro atoms. The van der Waals surface area contributed by atoms with Crippen molar-refractivity contribution in [2.75, 3.05) is 7.11 Å². The molecule has 50 heavy (non-hydrogen) atoms. The maximum absolute atomic E-state index is 14.0. The van der Waals surface area contributed by atoms with Gasteiger partial charge < -0.3 is 60.4 Å². The molecule has 6 rings (SSSR count). The standard InChI is InChI=1S/C34H33NO15/c1-9-5-13-20(27(41)18(9)32(45)35-10(2)33(46)47)21-16(31(26(13)40)50-34-30(44)29(43)23(37)11(3)49-34)8-15-22(28(21)42)25(39)14-6-12(48-4)7-17(36)19(14)24(15)38/h5-8,10-11,23,26,29-31,34,36-37,40-44H,1-4H3,(H,35,45)(H,46,47)/t10-,11-,23+,26+,29+,30-,31+,34+/m1/s1. The molecule has 3 aliphatic rings. The Morgan fingerprint density at radius 1 is 0.840 bits per heavy atom. The summed E-state index contributed by atoms with van der Waals surface area (Å²) >= 11 is 0. The molecule has 1 heterocycles. The summed E-state index contributed by atoms with van der Waals surface area (Å²) in [6, 6.07) is 3.27. The second kappa shape index (κ2) is 12.3. The Bertz CT molecular complexity index is 1990. The van der Waals surface area contributed by atoms with Crippen molar-refractivity contribution < 1.29 is 74.2 Å². The van der Waals surface area contributed by atoms with E-state index in [2.05, 4.69) is 5.32 Å². The number of amides is 1. The number of ketones is 2. The van der Waals surface area contributed by atoms with Crippen molar-refractivity contribution in [2.45, 2.75) is 69.7 Å². The average Bonchev–Trinajstić information content (AvgIpc) is 3.06. The number of fused-ring (bicyclic) bond motifs is 5. The number of carbonyl (C=O) groups is 4. The van der Waals surface area contributed by atoms with Gasteiger partial charge in [-0.3, -0.25) is 19.2 Å². The van der Waals surface area contributed by atoms with Crippen LogP contribution in [0.25, 0.3) is 11.1 Å². The second-order valence-corrected chi connectivity index (χ2v) is 12.4. The monoisotopic (exact) mass is 695 g/mol. The lowest BCUT2D eigenvalue weighted by Crippen LogP contribution is -2.57. The number of aliphatic hydroxyl groups is 4. The van der Waals surface area contributed by atoms with Crippen LogP contribution in [0.2, 0.25) is 0 Å². The number of aromatic hydroxyl groups is 3. The Morgan fingerprint density at radius 2 is 1.46 bits per heavy atom. The van der Waals surface area contributed by atoms with E-state index in [0.717, 1.165) is 12.1 Å². The number of aliphatic hydroxyl groups excluding tert-OH is 4. The first-order valence-corrected chi connectivity index (χ1v) is 15.3. The number of ether oxygens (including phenoxy) is 3. The lowest BCUT2D eigenvalue weighted by atomic mass is 9.74. The van der Waals surface area contributed by atoms with Gasteiger partial charge in [-0.15, -0.1) is 0 Å². The van der Waals surface area contributed by atoms with Gasteiger partial charge in [0.15, 0.2) is 17.9 Å². The number of phenolic OH excluding ortho intramolecular Hbond substituents is 3. The van der Waals surface area contributed by atoms with Crippen molar-refractivity contribution in [1.29, 1.82) is 0 Å². The van der Waals surface area contributed by atoms with E-state index in [-0.39, 0.29) is 39.1 Å². The fraction of sp³-hybridized carbons (Fsp3) is 0.353. The van der Waals surface area contributed by atoms with Gasteiger partial charge in [-0.2, -0.15) is 0 Å². The number of nitrogens with one attached hydrogen (secondary N) is 1. The van der Waals surface area contributed by atoms with Crippen molar-refractivity contribution in [2.24, 2.45) is 0 Å². The van der Waals surface area contributed by atoms with Crippen LogP contribution in [0.1, 0.15) is 84.9 Å². The zero-order valence-corrected chi connectivity index (χ0v) is 26.9. The molecule has 0 unspecified atom stereocenters. The van der Waals surface area contributed by atoms with Gasteiger partial charge in [0.05, 0.1) is 29.9 Å². The highest BCUT2D eigenvalue weighted by Gasteiger charge is 2.48. The summed E-state index contributed by atoms with van der Waals surface area (Å²) in [5.74, 6) is -6.51. The number of phenols is 3. The molecule has 0 bridgehead atoms. The topological polar surface area (TPSA) is 270 Å². The lowest BCUT2D eigenvalue weighted by Gasteiger charge is -2.42. The van der Waals surface area contributed by atoms with Gasteiger partial charge in [0.25, 0.3) is 5.91 Å². The zero-order valence-electron chi connectivity index (χ0n) is 26.9. The summed E-state index contributed by atoms with van der Waals surface area (Å²) in [5.41, 5.74) is -3.20. The molecule has 9 N–H and O–H groups in total. The van der Waals surface area contributed by atoms with Crippen LogP contribution in [-0.2, 0) is 14.3 Å². The summed E-state index contributed by atoms with van der Waals surface area (Å²) in [6.45, 7) is 3.97. The third-order valence-corrected chi connectivity index (χ3v) is 9.33. The molecule has 1 aliphatic heterocycles. The van der Waals surface area contributed by atoms with Gasteiger partial charge in [0.1, 0.15) is 59.6 Å². The molecular formula is C34H33NO15. The Hall–Kier alpha value is -5.10. The zero-order chi connectivity index (χ0) is 36.7. The molecule has 16 heteroatoms. The van der Waals surface area contributed by atoms with E-state index < -0.39 is 112 Å². The second-order valence-electron chi connectivity index (χ2n) is 12.4. The van der Waals surface area contributed by atoms with Crippen molar-refractivity contribution in [3.05, 3.63) is 68.8 Å². The van der Waals surface area contributed by atoms with E-state index in [1.54, 1.807) is 0 Å². The molecule has 1 amide bonds. The summed E-state index contributed by atoms with van der Waals surface area (Å²) in [6.07, 6.45) is -11.4. The maximum atomic E-state index is 14.0. The van der Waals surface area contributed by atoms with Gasteiger partial charge in [0.2, 0.25) is 0 Å². The summed E-state index contributed by atoms with van der Waals surface area (Å²) < 4.78 is 16.7. The van der Waals surface area contributed by atoms with Gasteiger partial charge in [-0.05, 0) is 49.6 Å². The quantitative estimate of drug-likeness (QED) is 0.134. The van der Waals surface area contributed by atoms with Gasteiger partial charge in [0, 0.05) is 28.3 Å². The van der Waals surface area contributed by atoms with Crippen LogP contribution >= 0.6 is 0 Å². The number of carbonyl (C=O) groups excluding carboxylic acids is 3. The number of hydrogen-bond acceptors (Lipinski definition) is 14. The highest BCUT2D eigenvalue weighted by atomic mass is 16.7. The third kappa shape index (κ3) is 5.15. The molecule has 0 radical (unpaired) electrons. The number of hydrogen-bond donors (Lipinski definition) is 9. The van der Waals surface area contributed by atoms with Gasteiger partial charge in [-0.25, -0.2) is 0 Å². The van der Waals surface area contributed by atoms with E-state index in [4.69, 9.17) is 14.2 Å². The van der Waals surface area contributed by atoms with Crippen LogP contribution in [0.5, 0.6) is 23.0 Å². The van der Waals surface area contributed by atoms with Gasteiger partial charge >= 0.3 is 5.97 Å². The minimum atomic E-state index is -1.86. The molecule has 1 saturated heterocycles. The maximum Gasteiger partial charge on any atom is 0.325 e. The molecule has 2 aliphatic carbocycles. The largest absolute Gasteiger partial charge is 0.507 e. The first-order chi connectivity index (χ1) is 23.5. The van der Waals surface area contributed by atoms with Crippen molar-refractivity contribution >= 4 is 23.4 Å². The van der Waals surface area contributed by atoms with E-state index >= 15 is 0 Å². The van der Waals surface area contributed by atoms with Crippen molar-refractivity contribution in [3.8, 4) is 34.1 Å². The number of benzene rings is 3.